The number of hydrogen-bond acceptors (Lipinski definition) is 2. The van der Waals surface area contributed by atoms with Gasteiger partial charge in [-0.05, 0) is 29.9 Å². The first-order valence-corrected chi connectivity index (χ1v) is 5.88. The third-order valence-corrected chi connectivity index (χ3v) is 3.41. The average Bonchev–Trinajstić information content (AvgIpc) is 2.67. The summed E-state index contributed by atoms with van der Waals surface area (Å²) >= 11 is 0. The van der Waals surface area contributed by atoms with E-state index in [0.717, 1.165) is 13.1 Å². The van der Waals surface area contributed by atoms with E-state index in [-0.39, 0.29) is 0 Å². The number of pyridine rings is 1. The summed E-state index contributed by atoms with van der Waals surface area (Å²) in [6, 6.07) is 4.12. The van der Waals surface area contributed by atoms with Crippen LogP contribution in [0.1, 0.15) is 38.2 Å². The lowest BCUT2D eigenvalue weighted by molar-refractivity contribution is 0.314. The van der Waals surface area contributed by atoms with Crippen LogP contribution in [0, 0.1) is 5.41 Å². The van der Waals surface area contributed by atoms with Crippen LogP contribution >= 0.6 is 0 Å². The van der Waals surface area contributed by atoms with E-state index in [9.17, 15) is 0 Å². The molecule has 0 bridgehead atoms. The van der Waals surface area contributed by atoms with E-state index in [4.69, 9.17) is 0 Å². The Morgan fingerprint density at radius 3 is 2.87 bits per heavy atom. The lowest BCUT2D eigenvalue weighted by Crippen LogP contribution is -2.29. The summed E-state index contributed by atoms with van der Waals surface area (Å²) in [6.45, 7) is 4.49. The second-order valence-electron chi connectivity index (χ2n) is 4.98. The number of rotatable bonds is 4. The number of nitrogens with zero attached hydrogens (tertiary/aromatic N) is 1. The molecule has 1 aliphatic rings. The molecule has 0 atom stereocenters. The van der Waals surface area contributed by atoms with Crippen molar-refractivity contribution in [2.75, 3.05) is 6.54 Å². The minimum atomic E-state index is 0.544. The van der Waals surface area contributed by atoms with Crippen LogP contribution in [0.3, 0.4) is 0 Å². The second kappa shape index (κ2) is 4.75. The maximum absolute atomic E-state index is 4.11. The molecule has 2 heteroatoms. The van der Waals surface area contributed by atoms with Gasteiger partial charge < -0.3 is 5.32 Å². The molecular weight excluding hydrogens is 184 g/mol. The van der Waals surface area contributed by atoms with Crippen LogP contribution in [0.25, 0.3) is 0 Å². The fourth-order valence-corrected chi connectivity index (χ4v) is 2.42. The van der Waals surface area contributed by atoms with Gasteiger partial charge in [-0.1, -0.05) is 25.8 Å². The van der Waals surface area contributed by atoms with Gasteiger partial charge >= 0.3 is 0 Å². The summed E-state index contributed by atoms with van der Waals surface area (Å²) in [5.41, 5.74) is 1.82. The SMILES string of the molecule is CC1(CNCc2cccnc2)CCCC1. The molecule has 2 rings (SSSR count). The molecule has 0 aliphatic heterocycles. The molecule has 0 saturated heterocycles. The zero-order valence-corrected chi connectivity index (χ0v) is 9.50. The highest BCUT2D eigenvalue weighted by Gasteiger charge is 2.27. The lowest BCUT2D eigenvalue weighted by atomic mass is 9.89. The predicted octanol–water partition coefficient (Wildman–Crippen LogP) is 2.75. The highest BCUT2D eigenvalue weighted by atomic mass is 14.9. The van der Waals surface area contributed by atoms with Gasteiger partial charge in [-0.25, -0.2) is 0 Å². The topological polar surface area (TPSA) is 24.9 Å². The van der Waals surface area contributed by atoms with Crippen molar-refractivity contribution in [1.29, 1.82) is 0 Å². The van der Waals surface area contributed by atoms with Gasteiger partial charge in [0.1, 0.15) is 0 Å². The van der Waals surface area contributed by atoms with Gasteiger partial charge in [0.2, 0.25) is 0 Å². The number of hydrogen-bond donors (Lipinski definition) is 1. The van der Waals surface area contributed by atoms with E-state index in [1.165, 1.54) is 31.2 Å². The largest absolute Gasteiger partial charge is 0.312 e. The standard InChI is InChI=1S/C13H20N2/c1-13(6-2-3-7-13)11-15-10-12-5-4-8-14-9-12/h4-5,8-9,15H,2-3,6-7,10-11H2,1H3. The Balaban J connectivity index is 1.75. The molecule has 0 amide bonds. The molecule has 0 aromatic carbocycles. The van der Waals surface area contributed by atoms with E-state index in [0.29, 0.717) is 5.41 Å². The van der Waals surface area contributed by atoms with Gasteiger partial charge in [0.05, 0.1) is 0 Å². The van der Waals surface area contributed by atoms with Crippen LogP contribution in [0.5, 0.6) is 0 Å². The molecule has 1 aromatic rings. The summed E-state index contributed by atoms with van der Waals surface area (Å²) in [5.74, 6) is 0. The highest BCUT2D eigenvalue weighted by molar-refractivity contribution is 5.07. The third-order valence-electron chi connectivity index (χ3n) is 3.41. The van der Waals surface area contributed by atoms with Gasteiger partial charge in [0.25, 0.3) is 0 Å². The van der Waals surface area contributed by atoms with Crippen LogP contribution in [0.2, 0.25) is 0 Å². The van der Waals surface area contributed by atoms with Crippen molar-refractivity contribution in [1.82, 2.24) is 10.3 Å². The fourth-order valence-electron chi connectivity index (χ4n) is 2.42. The first-order chi connectivity index (χ1) is 7.29. The first-order valence-electron chi connectivity index (χ1n) is 5.88. The Kier molecular flexibility index (Phi) is 3.37. The molecule has 1 saturated carbocycles. The van der Waals surface area contributed by atoms with Crippen molar-refractivity contribution in [3.05, 3.63) is 30.1 Å². The average molecular weight is 204 g/mol. The van der Waals surface area contributed by atoms with Crippen molar-refractivity contribution in [3.63, 3.8) is 0 Å². The predicted molar refractivity (Wildman–Crippen MR) is 62.5 cm³/mol. The maximum Gasteiger partial charge on any atom is 0.0312 e. The first kappa shape index (κ1) is 10.6. The second-order valence-corrected chi connectivity index (χ2v) is 4.98. The Bertz CT molecular complexity index is 289. The molecule has 0 spiro atoms. The third kappa shape index (κ3) is 3.03. The minimum Gasteiger partial charge on any atom is -0.312 e. The van der Waals surface area contributed by atoms with Gasteiger partial charge in [0.15, 0.2) is 0 Å². The summed E-state index contributed by atoms with van der Waals surface area (Å²) in [6.07, 6.45) is 9.34. The monoisotopic (exact) mass is 204 g/mol. The number of nitrogens with one attached hydrogen (secondary N) is 1. The maximum atomic E-state index is 4.11. The highest BCUT2D eigenvalue weighted by Crippen LogP contribution is 2.36. The Labute approximate surface area is 92.1 Å². The van der Waals surface area contributed by atoms with E-state index in [1.54, 1.807) is 0 Å². The van der Waals surface area contributed by atoms with Crippen molar-refractivity contribution in [2.45, 2.75) is 39.2 Å². The zero-order valence-electron chi connectivity index (χ0n) is 9.50. The van der Waals surface area contributed by atoms with Gasteiger partial charge in [-0.15, -0.1) is 0 Å². The van der Waals surface area contributed by atoms with Crippen molar-refractivity contribution >= 4 is 0 Å². The van der Waals surface area contributed by atoms with E-state index in [1.807, 2.05) is 18.5 Å². The Morgan fingerprint density at radius 2 is 2.20 bits per heavy atom. The van der Waals surface area contributed by atoms with Gasteiger partial charge in [-0.3, -0.25) is 4.98 Å². The van der Waals surface area contributed by atoms with Crippen LogP contribution in [-0.2, 0) is 6.54 Å². The normalized spacial score (nSPS) is 19.3. The zero-order chi connectivity index (χ0) is 10.6. The lowest BCUT2D eigenvalue weighted by Gasteiger charge is -2.23. The van der Waals surface area contributed by atoms with Gasteiger partial charge in [0, 0.05) is 25.5 Å². The molecule has 0 radical (unpaired) electrons. The van der Waals surface area contributed by atoms with Crippen LogP contribution in [0.15, 0.2) is 24.5 Å². The molecule has 1 aliphatic carbocycles. The molecule has 1 N–H and O–H groups in total. The minimum absolute atomic E-state index is 0.544. The quantitative estimate of drug-likeness (QED) is 0.815. The van der Waals surface area contributed by atoms with Crippen LogP contribution in [-0.4, -0.2) is 11.5 Å². The summed E-state index contributed by atoms with van der Waals surface area (Å²) < 4.78 is 0. The summed E-state index contributed by atoms with van der Waals surface area (Å²) in [4.78, 5) is 4.11. The Morgan fingerprint density at radius 1 is 1.40 bits per heavy atom. The van der Waals surface area contributed by atoms with E-state index < -0.39 is 0 Å². The van der Waals surface area contributed by atoms with Crippen molar-refractivity contribution in [3.8, 4) is 0 Å². The molecule has 1 heterocycles. The van der Waals surface area contributed by atoms with Gasteiger partial charge in [-0.2, -0.15) is 0 Å². The van der Waals surface area contributed by atoms with Crippen LogP contribution in [0.4, 0.5) is 0 Å². The smallest absolute Gasteiger partial charge is 0.0312 e. The molecule has 1 fully saturated rings. The Hall–Kier alpha value is -0.890. The van der Waals surface area contributed by atoms with Crippen molar-refractivity contribution < 1.29 is 0 Å². The van der Waals surface area contributed by atoms with E-state index >= 15 is 0 Å². The van der Waals surface area contributed by atoms with Crippen LogP contribution < -0.4 is 5.32 Å². The fraction of sp³-hybridized carbons (Fsp3) is 0.615. The molecule has 15 heavy (non-hydrogen) atoms. The molecule has 82 valence electrons. The molecule has 2 nitrogen and oxygen atoms in total. The van der Waals surface area contributed by atoms with E-state index in [2.05, 4.69) is 23.3 Å². The number of aromatic nitrogens is 1. The molecule has 0 unspecified atom stereocenters. The molecule has 1 aromatic heterocycles. The summed E-state index contributed by atoms with van der Waals surface area (Å²) in [7, 11) is 0. The summed E-state index contributed by atoms with van der Waals surface area (Å²) in [5, 5.41) is 3.54. The van der Waals surface area contributed by atoms with Crippen molar-refractivity contribution in [2.24, 2.45) is 5.41 Å². The molecular formula is C13H20N2.